The minimum Gasteiger partial charge on any atom is -0.431 e. The van der Waals surface area contributed by atoms with Crippen molar-refractivity contribution >= 4 is 29.2 Å². The van der Waals surface area contributed by atoms with Crippen LogP contribution in [0.25, 0.3) is 0 Å². The third-order valence-electron chi connectivity index (χ3n) is 3.70. The standard InChI is InChI=1S/C13H16Cl2O2/c1-13(2)9(7-10(14)15)11(13)12(16)17-8-5-3-4-6-8/h5,7,9,11H,3-4,6H2,1-2H3. The van der Waals surface area contributed by atoms with E-state index in [9.17, 15) is 4.79 Å². The van der Waals surface area contributed by atoms with Crippen molar-refractivity contribution < 1.29 is 9.53 Å². The molecule has 2 unspecified atom stereocenters. The molecule has 0 aromatic rings. The molecule has 0 spiro atoms. The molecule has 2 rings (SSSR count). The van der Waals surface area contributed by atoms with Crippen molar-refractivity contribution in [3.63, 3.8) is 0 Å². The Balaban J connectivity index is 1.99. The molecule has 0 amide bonds. The zero-order chi connectivity index (χ0) is 12.6. The lowest BCUT2D eigenvalue weighted by Gasteiger charge is -2.05. The minimum absolute atomic E-state index is 0.0852. The molecule has 2 aliphatic rings. The highest BCUT2D eigenvalue weighted by atomic mass is 35.5. The van der Waals surface area contributed by atoms with E-state index in [0.29, 0.717) is 0 Å². The largest absolute Gasteiger partial charge is 0.431 e. The highest BCUT2D eigenvalue weighted by Gasteiger charge is 2.61. The van der Waals surface area contributed by atoms with Gasteiger partial charge in [-0.1, -0.05) is 37.0 Å². The van der Waals surface area contributed by atoms with E-state index < -0.39 is 0 Å². The maximum Gasteiger partial charge on any atom is 0.315 e. The van der Waals surface area contributed by atoms with Crippen molar-refractivity contribution in [2.24, 2.45) is 17.3 Å². The van der Waals surface area contributed by atoms with Gasteiger partial charge in [0.05, 0.1) is 5.92 Å². The molecule has 0 aromatic heterocycles. The molecule has 0 aromatic carbocycles. The first-order chi connectivity index (χ1) is 7.93. The molecule has 0 radical (unpaired) electrons. The van der Waals surface area contributed by atoms with Crippen molar-refractivity contribution in [1.82, 2.24) is 0 Å². The number of esters is 1. The predicted molar refractivity (Wildman–Crippen MR) is 68.6 cm³/mol. The number of ether oxygens (including phenoxy) is 1. The number of hydrogen-bond donors (Lipinski definition) is 0. The van der Waals surface area contributed by atoms with Gasteiger partial charge in [-0.05, 0) is 36.3 Å². The lowest BCUT2D eigenvalue weighted by Crippen LogP contribution is -2.09. The monoisotopic (exact) mass is 274 g/mol. The van der Waals surface area contributed by atoms with Crippen molar-refractivity contribution in [2.45, 2.75) is 33.1 Å². The van der Waals surface area contributed by atoms with Gasteiger partial charge in [0.1, 0.15) is 10.3 Å². The smallest absolute Gasteiger partial charge is 0.315 e. The first-order valence-corrected chi connectivity index (χ1v) is 6.62. The fraction of sp³-hybridized carbons (Fsp3) is 0.615. The van der Waals surface area contributed by atoms with Gasteiger partial charge < -0.3 is 4.74 Å². The molecule has 0 aliphatic heterocycles. The SMILES string of the molecule is CC1(C)C(C=C(Cl)Cl)C1C(=O)OC1=CCCC1. The summed E-state index contributed by atoms with van der Waals surface area (Å²) in [6, 6.07) is 0. The molecule has 0 saturated heterocycles. The van der Waals surface area contributed by atoms with Gasteiger partial charge >= 0.3 is 5.97 Å². The zero-order valence-electron chi connectivity index (χ0n) is 10.0. The molecular formula is C13H16Cl2O2. The Bertz CT molecular complexity index is 392. The molecule has 2 aliphatic carbocycles. The summed E-state index contributed by atoms with van der Waals surface area (Å²) < 4.78 is 5.61. The van der Waals surface area contributed by atoms with Crippen LogP contribution in [0.2, 0.25) is 0 Å². The molecule has 17 heavy (non-hydrogen) atoms. The molecule has 0 N–H and O–H groups in total. The summed E-state index contributed by atoms with van der Waals surface area (Å²) in [5.74, 6) is 0.620. The Hall–Kier alpha value is -0.470. The Labute approximate surface area is 112 Å². The quantitative estimate of drug-likeness (QED) is 0.722. The van der Waals surface area contributed by atoms with Crippen molar-refractivity contribution in [1.29, 1.82) is 0 Å². The summed E-state index contributed by atoms with van der Waals surface area (Å²) in [5, 5.41) is 0. The van der Waals surface area contributed by atoms with Crippen LogP contribution in [0.3, 0.4) is 0 Å². The van der Waals surface area contributed by atoms with Crippen LogP contribution in [0.4, 0.5) is 0 Å². The summed E-state index contributed by atoms with van der Waals surface area (Å²) in [7, 11) is 0. The number of rotatable bonds is 3. The molecule has 1 saturated carbocycles. The van der Waals surface area contributed by atoms with Gasteiger partial charge in [0, 0.05) is 6.42 Å². The maximum atomic E-state index is 12.0. The van der Waals surface area contributed by atoms with Gasteiger partial charge in [-0.3, -0.25) is 4.79 Å². The second-order valence-electron chi connectivity index (χ2n) is 5.26. The van der Waals surface area contributed by atoms with Crippen LogP contribution in [0.15, 0.2) is 22.4 Å². The van der Waals surface area contributed by atoms with Crippen LogP contribution >= 0.6 is 23.2 Å². The summed E-state index contributed by atoms with van der Waals surface area (Å²) in [5.41, 5.74) is -0.106. The molecular weight excluding hydrogens is 259 g/mol. The third kappa shape index (κ3) is 2.69. The van der Waals surface area contributed by atoms with E-state index in [1.165, 1.54) is 0 Å². The van der Waals surface area contributed by atoms with Crippen molar-refractivity contribution in [2.75, 3.05) is 0 Å². The van der Waals surface area contributed by atoms with Crippen LogP contribution < -0.4 is 0 Å². The molecule has 2 atom stereocenters. The van der Waals surface area contributed by atoms with Gasteiger partial charge in [0.15, 0.2) is 0 Å². The lowest BCUT2D eigenvalue weighted by atomic mass is 10.1. The average molecular weight is 275 g/mol. The Kier molecular flexibility index (Phi) is 3.55. The Morgan fingerprint density at radius 1 is 1.53 bits per heavy atom. The van der Waals surface area contributed by atoms with Crippen molar-refractivity contribution in [3.8, 4) is 0 Å². The number of halogens is 2. The van der Waals surface area contributed by atoms with E-state index in [-0.39, 0.29) is 27.7 Å². The number of carbonyl (C=O) groups excluding carboxylic acids is 1. The molecule has 0 bridgehead atoms. The van der Waals surface area contributed by atoms with E-state index >= 15 is 0 Å². The van der Waals surface area contributed by atoms with E-state index in [1.54, 1.807) is 6.08 Å². The predicted octanol–water partition coefficient (Wildman–Crippen LogP) is 4.19. The maximum absolute atomic E-state index is 12.0. The molecule has 94 valence electrons. The van der Waals surface area contributed by atoms with Crippen LogP contribution in [-0.4, -0.2) is 5.97 Å². The lowest BCUT2D eigenvalue weighted by molar-refractivity contribution is -0.142. The van der Waals surface area contributed by atoms with E-state index in [2.05, 4.69) is 0 Å². The second-order valence-corrected chi connectivity index (χ2v) is 6.27. The number of allylic oxidation sites excluding steroid dienone is 3. The Morgan fingerprint density at radius 2 is 2.24 bits per heavy atom. The van der Waals surface area contributed by atoms with Gasteiger partial charge in [-0.25, -0.2) is 0 Å². The Morgan fingerprint density at radius 3 is 2.76 bits per heavy atom. The highest BCUT2D eigenvalue weighted by molar-refractivity contribution is 6.55. The molecule has 2 nitrogen and oxygen atoms in total. The topological polar surface area (TPSA) is 26.3 Å². The molecule has 0 heterocycles. The van der Waals surface area contributed by atoms with E-state index in [4.69, 9.17) is 27.9 Å². The van der Waals surface area contributed by atoms with Gasteiger partial charge in [-0.2, -0.15) is 0 Å². The fourth-order valence-corrected chi connectivity index (χ4v) is 2.77. The first kappa shape index (κ1) is 13.0. The first-order valence-electron chi connectivity index (χ1n) is 5.86. The zero-order valence-corrected chi connectivity index (χ0v) is 11.5. The van der Waals surface area contributed by atoms with Gasteiger partial charge in [0.2, 0.25) is 0 Å². The minimum atomic E-state index is -0.154. The van der Waals surface area contributed by atoms with Crippen LogP contribution in [0, 0.1) is 17.3 Å². The summed E-state index contributed by atoms with van der Waals surface area (Å²) in [4.78, 5) is 12.0. The number of carbonyl (C=O) groups is 1. The van der Waals surface area contributed by atoms with Gasteiger partial charge in [-0.15, -0.1) is 0 Å². The summed E-state index contributed by atoms with van der Waals surface area (Å²) >= 11 is 11.3. The third-order valence-corrected chi connectivity index (χ3v) is 3.95. The normalized spacial score (nSPS) is 29.5. The molecule has 1 fully saturated rings. The van der Waals surface area contributed by atoms with Crippen molar-refractivity contribution in [3.05, 3.63) is 22.4 Å². The highest BCUT2D eigenvalue weighted by Crippen LogP contribution is 2.60. The average Bonchev–Trinajstić information content (AvgIpc) is 2.64. The summed E-state index contributed by atoms with van der Waals surface area (Å²) in [6.45, 7) is 4.06. The second kappa shape index (κ2) is 4.66. The molecule has 4 heteroatoms. The van der Waals surface area contributed by atoms with Crippen LogP contribution in [0.5, 0.6) is 0 Å². The van der Waals surface area contributed by atoms with E-state index in [0.717, 1.165) is 25.0 Å². The summed E-state index contributed by atoms with van der Waals surface area (Å²) in [6.07, 6.45) is 6.68. The van der Waals surface area contributed by atoms with Crippen LogP contribution in [-0.2, 0) is 9.53 Å². The number of hydrogen-bond acceptors (Lipinski definition) is 2. The van der Waals surface area contributed by atoms with Crippen LogP contribution in [0.1, 0.15) is 33.1 Å². The van der Waals surface area contributed by atoms with Gasteiger partial charge in [0.25, 0.3) is 0 Å². The fourth-order valence-electron chi connectivity index (χ4n) is 2.50. The van der Waals surface area contributed by atoms with E-state index in [1.807, 2.05) is 19.9 Å².